The lowest BCUT2D eigenvalue weighted by molar-refractivity contribution is 0.589. The largest absolute Gasteiger partial charge is 0.310 e. The average Bonchev–Trinajstić information content (AvgIpc) is 2.44. The molecule has 0 aliphatic heterocycles. The molecule has 0 fully saturated rings. The zero-order valence-corrected chi connectivity index (χ0v) is 14.8. The molecule has 0 aliphatic rings. The summed E-state index contributed by atoms with van der Waals surface area (Å²) in [6, 6.07) is 9.22. The summed E-state index contributed by atoms with van der Waals surface area (Å²) in [5.41, 5.74) is 2.20. The van der Waals surface area contributed by atoms with Gasteiger partial charge in [0.2, 0.25) is 0 Å². The Bertz CT molecular complexity index is 659. The molecule has 112 valence electrons. The molecular formula is C16H15BrCl2FN. The molecule has 0 unspecified atom stereocenters. The molecular weight excluding hydrogens is 376 g/mol. The highest BCUT2D eigenvalue weighted by atomic mass is 79.9. The molecule has 0 spiro atoms. The van der Waals surface area contributed by atoms with Crippen molar-refractivity contribution < 1.29 is 4.39 Å². The Kier molecular flexibility index (Phi) is 5.67. The molecule has 0 saturated carbocycles. The van der Waals surface area contributed by atoms with Crippen LogP contribution in [0, 0.1) is 5.82 Å². The number of hydrogen-bond acceptors (Lipinski definition) is 1. The van der Waals surface area contributed by atoms with Gasteiger partial charge in [0.1, 0.15) is 0 Å². The second kappa shape index (κ2) is 7.10. The van der Waals surface area contributed by atoms with Crippen LogP contribution in [0.2, 0.25) is 10.0 Å². The molecule has 1 nitrogen and oxygen atoms in total. The van der Waals surface area contributed by atoms with Gasteiger partial charge in [0, 0.05) is 27.6 Å². The molecule has 0 radical (unpaired) electrons. The predicted octanol–water partition coefficient (Wildman–Crippen LogP) is 6.06. The first kappa shape index (κ1) is 16.8. The van der Waals surface area contributed by atoms with Crippen LogP contribution in [0.25, 0.3) is 11.1 Å². The van der Waals surface area contributed by atoms with E-state index in [1.807, 2.05) is 12.1 Å². The minimum Gasteiger partial charge on any atom is -0.310 e. The Labute approximate surface area is 142 Å². The van der Waals surface area contributed by atoms with Gasteiger partial charge in [0.25, 0.3) is 0 Å². The minimum atomic E-state index is -0.431. The van der Waals surface area contributed by atoms with E-state index in [0.717, 1.165) is 11.1 Å². The maximum atomic E-state index is 14.4. The molecule has 2 aromatic carbocycles. The van der Waals surface area contributed by atoms with Crippen molar-refractivity contribution in [2.75, 3.05) is 0 Å². The van der Waals surface area contributed by atoms with Gasteiger partial charge in [-0.2, -0.15) is 0 Å². The van der Waals surface area contributed by atoms with E-state index in [1.165, 1.54) is 0 Å². The van der Waals surface area contributed by atoms with Crippen LogP contribution in [-0.2, 0) is 6.54 Å². The van der Waals surface area contributed by atoms with Crippen molar-refractivity contribution in [2.24, 2.45) is 0 Å². The van der Waals surface area contributed by atoms with Crippen LogP contribution in [0.3, 0.4) is 0 Å². The van der Waals surface area contributed by atoms with E-state index in [0.29, 0.717) is 27.6 Å². The van der Waals surface area contributed by atoms with Crippen molar-refractivity contribution in [1.82, 2.24) is 5.32 Å². The molecule has 0 heterocycles. The van der Waals surface area contributed by atoms with Gasteiger partial charge in [-0.25, -0.2) is 4.39 Å². The molecule has 0 amide bonds. The number of nitrogens with one attached hydrogen (secondary N) is 1. The summed E-state index contributed by atoms with van der Waals surface area (Å²) in [5, 5.41) is 4.04. The van der Waals surface area contributed by atoms with Crippen LogP contribution in [0.4, 0.5) is 4.39 Å². The van der Waals surface area contributed by atoms with Crippen molar-refractivity contribution in [2.45, 2.75) is 26.4 Å². The minimum absolute atomic E-state index is 0.0882. The fraction of sp³-hybridized carbons (Fsp3) is 0.250. The zero-order chi connectivity index (χ0) is 15.6. The van der Waals surface area contributed by atoms with Crippen LogP contribution in [0.5, 0.6) is 0 Å². The summed E-state index contributed by atoms with van der Waals surface area (Å²) in [5.74, 6) is -0.431. The first-order chi connectivity index (χ1) is 9.90. The molecule has 2 rings (SSSR count). The first-order valence-electron chi connectivity index (χ1n) is 6.56. The summed E-state index contributed by atoms with van der Waals surface area (Å²) in [6.45, 7) is 4.73. The molecule has 0 atom stereocenters. The van der Waals surface area contributed by atoms with E-state index in [1.54, 1.807) is 18.2 Å². The van der Waals surface area contributed by atoms with E-state index >= 15 is 0 Å². The maximum absolute atomic E-state index is 14.4. The third kappa shape index (κ3) is 3.98. The summed E-state index contributed by atoms with van der Waals surface area (Å²) in [7, 11) is 0. The molecule has 0 aliphatic carbocycles. The number of benzene rings is 2. The van der Waals surface area contributed by atoms with Crippen LogP contribution in [-0.4, -0.2) is 6.04 Å². The molecule has 0 aromatic heterocycles. The fourth-order valence-electron chi connectivity index (χ4n) is 2.02. The van der Waals surface area contributed by atoms with E-state index in [2.05, 4.69) is 35.1 Å². The number of rotatable bonds is 4. The lowest BCUT2D eigenvalue weighted by Crippen LogP contribution is -2.22. The van der Waals surface area contributed by atoms with E-state index in [-0.39, 0.29) is 5.02 Å². The van der Waals surface area contributed by atoms with E-state index < -0.39 is 5.82 Å². The van der Waals surface area contributed by atoms with Crippen molar-refractivity contribution in [3.05, 3.63) is 56.2 Å². The molecule has 0 bridgehead atoms. The lowest BCUT2D eigenvalue weighted by atomic mass is 9.99. The Morgan fingerprint density at radius 3 is 2.48 bits per heavy atom. The summed E-state index contributed by atoms with van der Waals surface area (Å²) < 4.78 is 15.0. The van der Waals surface area contributed by atoms with Gasteiger partial charge in [-0.3, -0.25) is 0 Å². The predicted molar refractivity (Wildman–Crippen MR) is 91.5 cm³/mol. The third-order valence-electron chi connectivity index (χ3n) is 3.09. The number of hydrogen-bond donors (Lipinski definition) is 1. The highest BCUT2D eigenvalue weighted by Gasteiger charge is 2.15. The Hall–Kier alpha value is -0.610. The molecule has 5 heteroatoms. The number of halogens is 4. The van der Waals surface area contributed by atoms with Gasteiger partial charge < -0.3 is 5.32 Å². The average molecular weight is 391 g/mol. The normalized spacial score (nSPS) is 11.2. The van der Waals surface area contributed by atoms with Crippen LogP contribution < -0.4 is 5.32 Å². The summed E-state index contributed by atoms with van der Waals surface area (Å²) in [4.78, 5) is 0. The van der Waals surface area contributed by atoms with Crippen molar-refractivity contribution >= 4 is 39.1 Å². The van der Waals surface area contributed by atoms with Gasteiger partial charge >= 0.3 is 0 Å². The molecule has 1 N–H and O–H groups in total. The van der Waals surface area contributed by atoms with Crippen LogP contribution >= 0.6 is 39.1 Å². The topological polar surface area (TPSA) is 12.0 Å². The highest BCUT2D eigenvalue weighted by Crippen LogP contribution is 2.35. The smallest absolute Gasteiger partial charge is 0.150 e. The van der Waals surface area contributed by atoms with Gasteiger partial charge in [-0.05, 0) is 45.3 Å². The SMILES string of the molecule is CC(C)NCc1cc(Cl)ccc1-c1ccc(Br)c(Cl)c1F. The van der Waals surface area contributed by atoms with E-state index in [4.69, 9.17) is 23.2 Å². The second-order valence-corrected chi connectivity index (χ2v) is 6.73. The quantitative estimate of drug-likeness (QED) is 0.625. The Morgan fingerprint density at radius 1 is 1.14 bits per heavy atom. The maximum Gasteiger partial charge on any atom is 0.150 e. The Balaban J connectivity index is 2.51. The molecule has 2 aromatic rings. The van der Waals surface area contributed by atoms with Gasteiger partial charge in [0.15, 0.2) is 5.82 Å². The second-order valence-electron chi connectivity index (χ2n) is 5.06. The molecule has 0 saturated heterocycles. The van der Waals surface area contributed by atoms with Gasteiger partial charge in [-0.1, -0.05) is 49.2 Å². The first-order valence-corrected chi connectivity index (χ1v) is 8.10. The fourth-order valence-corrected chi connectivity index (χ4v) is 2.69. The summed E-state index contributed by atoms with van der Waals surface area (Å²) in [6.07, 6.45) is 0. The van der Waals surface area contributed by atoms with Crippen molar-refractivity contribution in [3.63, 3.8) is 0 Å². The van der Waals surface area contributed by atoms with Gasteiger partial charge in [-0.15, -0.1) is 0 Å². The zero-order valence-electron chi connectivity index (χ0n) is 11.7. The van der Waals surface area contributed by atoms with Crippen LogP contribution in [0.15, 0.2) is 34.8 Å². The van der Waals surface area contributed by atoms with Crippen LogP contribution in [0.1, 0.15) is 19.4 Å². The standard InChI is InChI=1S/C16H15BrCl2FN/c1-9(2)21-8-10-7-11(18)3-4-12(10)13-5-6-14(17)15(19)16(13)20/h3-7,9,21H,8H2,1-2H3. The van der Waals surface area contributed by atoms with Crippen molar-refractivity contribution in [1.29, 1.82) is 0 Å². The highest BCUT2D eigenvalue weighted by molar-refractivity contribution is 9.10. The Morgan fingerprint density at radius 2 is 1.81 bits per heavy atom. The summed E-state index contributed by atoms with van der Waals surface area (Å²) >= 11 is 15.3. The third-order valence-corrected chi connectivity index (χ3v) is 4.59. The van der Waals surface area contributed by atoms with E-state index in [9.17, 15) is 4.39 Å². The lowest BCUT2D eigenvalue weighted by Gasteiger charge is -2.15. The van der Waals surface area contributed by atoms with Gasteiger partial charge in [0.05, 0.1) is 5.02 Å². The van der Waals surface area contributed by atoms with Crippen molar-refractivity contribution in [3.8, 4) is 11.1 Å². The molecule has 21 heavy (non-hydrogen) atoms. The monoisotopic (exact) mass is 389 g/mol.